The van der Waals surface area contributed by atoms with Crippen LogP contribution in [0.15, 0.2) is 71.6 Å². The lowest BCUT2D eigenvalue weighted by atomic mass is 10.0. The molecule has 1 saturated heterocycles. The van der Waals surface area contributed by atoms with Gasteiger partial charge in [-0.1, -0.05) is 24.3 Å². The Morgan fingerprint density at radius 2 is 1.58 bits per heavy atom. The Bertz CT molecular complexity index is 1430. The summed E-state index contributed by atoms with van der Waals surface area (Å²) in [5.41, 5.74) is 0.617. The lowest BCUT2D eigenvalue weighted by molar-refractivity contribution is -0.137. The van der Waals surface area contributed by atoms with E-state index < -0.39 is 40.0 Å². The first-order valence-electron chi connectivity index (χ1n) is 11.2. The molecule has 5 rings (SSSR count). The van der Waals surface area contributed by atoms with Crippen molar-refractivity contribution in [3.05, 3.63) is 78.1 Å². The largest absolute Gasteiger partial charge is 0.416 e. The van der Waals surface area contributed by atoms with Crippen LogP contribution < -0.4 is 9.21 Å². The fourth-order valence-electron chi connectivity index (χ4n) is 4.59. The zero-order valence-corrected chi connectivity index (χ0v) is 19.7. The van der Waals surface area contributed by atoms with Crippen LogP contribution in [0.4, 0.5) is 28.9 Å². The molecular formula is C25H21F4N3O3S. The van der Waals surface area contributed by atoms with Gasteiger partial charge in [0.15, 0.2) is 0 Å². The van der Waals surface area contributed by atoms with Crippen molar-refractivity contribution in [1.82, 2.24) is 4.90 Å². The molecular weight excluding hydrogens is 498 g/mol. The standard InChI is InChI=1S/C25H21F4N3O3S/c26-18-8-9-22-21(15-18)20-6-1-2-7-23(20)36(34,35)32(22)16-24(33)31-12-10-30(11-13-31)19-5-3-4-17(14-19)25(27,28)29/h1-9,14-15H,10-13,16H2. The van der Waals surface area contributed by atoms with Gasteiger partial charge in [-0.2, -0.15) is 13.2 Å². The second-order valence-corrected chi connectivity index (χ2v) is 10.4. The smallest absolute Gasteiger partial charge is 0.368 e. The lowest BCUT2D eigenvalue weighted by Crippen LogP contribution is -2.52. The molecule has 188 valence electrons. The molecule has 0 radical (unpaired) electrons. The average molecular weight is 520 g/mol. The molecule has 0 unspecified atom stereocenters. The summed E-state index contributed by atoms with van der Waals surface area (Å²) in [6, 6.07) is 15.0. The molecule has 0 spiro atoms. The minimum atomic E-state index is -4.45. The Balaban J connectivity index is 1.34. The number of hydrogen-bond donors (Lipinski definition) is 0. The molecule has 3 aromatic rings. The van der Waals surface area contributed by atoms with E-state index in [1.807, 2.05) is 0 Å². The number of anilines is 2. The van der Waals surface area contributed by atoms with Crippen LogP contribution in [0.2, 0.25) is 0 Å². The van der Waals surface area contributed by atoms with E-state index in [0.717, 1.165) is 22.5 Å². The zero-order valence-electron chi connectivity index (χ0n) is 18.9. The van der Waals surface area contributed by atoms with E-state index in [9.17, 15) is 30.8 Å². The zero-order chi connectivity index (χ0) is 25.7. The van der Waals surface area contributed by atoms with Crippen molar-refractivity contribution in [3.63, 3.8) is 0 Å². The molecule has 2 aliphatic rings. The summed E-state index contributed by atoms with van der Waals surface area (Å²) in [5.74, 6) is -0.975. The van der Waals surface area contributed by atoms with Gasteiger partial charge in [-0.3, -0.25) is 9.10 Å². The van der Waals surface area contributed by atoms with Crippen molar-refractivity contribution in [2.45, 2.75) is 11.1 Å². The third-order valence-electron chi connectivity index (χ3n) is 6.42. The highest BCUT2D eigenvalue weighted by atomic mass is 32.2. The number of carbonyl (C=O) groups is 1. The summed E-state index contributed by atoms with van der Waals surface area (Å²) in [4.78, 5) is 16.4. The first kappa shape index (κ1) is 24.1. The lowest BCUT2D eigenvalue weighted by Gasteiger charge is -2.38. The number of carbonyl (C=O) groups excluding carboxylic acids is 1. The fourth-order valence-corrected chi connectivity index (χ4v) is 6.23. The molecule has 0 bridgehead atoms. The second-order valence-electron chi connectivity index (χ2n) is 8.59. The van der Waals surface area contributed by atoms with Gasteiger partial charge in [-0.15, -0.1) is 0 Å². The number of halogens is 4. The topological polar surface area (TPSA) is 60.9 Å². The SMILES string of the molecule is O=C(CN1c2ccc(F)cc2-c2ccccc2S1(=O)=O)N1CCN(c2cccc(C(F)(F)F)c2)CC1. The predicted molar refractivity (Wildman–Crippen MR) is 127 cm³/mol. The summed E-state index contributed by atoms with van der Waals surface area (Å²) >= 11 is 0. The van der Waals surface area contributed by atoms with Gasteiger partial charge < -0.3 is 9.80 Å². The van der Waals surface area contributed by atoms with Crippen LogP contribution in [-0.4, -0.2) is 51.9 Å². The van der Waals surface area contributed by atoms with Gasteiger partial charge in [0.25, 0.3) is 10.0 Å². The number of rotatable bonds is 3. The van der Waals surface area contributed by atoms with Gasteiger partial charge in [-0.05, 0) is 42.5 Å². The van der Waals surface area contributed by atoms with E-state index in [1.54, 1.807) is 29.2 Å². The molecule has 0 N–H and O–H groups in total. The summed E-state index contributed by atoms with van der Waals surface area (Å²) in [6.07, 6.45) is -4.45. The Labute approximate surface area is 205 Å². The second kappa shape index (κ2) is 8.81. The molecule has 6 nitrogen and oxygen atoms in total. The van der Waals surface area contributed by atoms with E-state index in [2.05, 4.69) is 0 Å². The number of piperazine rings is 1. The van der Waals surface area contributed by atoms with Crippen molar-refractivity contribution >= 4 is 27.3 Å². The first-order valence-corrected chi connectivity index (χ1v) is 12.6. The molecule has 0 aromatic heterocycles. The van der Waals surface area contributed by atoms with E-state index in [0.29, 0.717) is 29.9 Å². The molecule has 1 amide bonds. The summed E-state index contributed by atoms with van der Waals surface area (Å²) < 4.78 is 81.0. The van der Waals surface area contributed by atoms with Gasteiger partial charge in [0.1, 0.15) is 12.4 Å². The maximum atomic E-state index is 14.0. The first-order chi connectivity index (χ1) is 17.1. The van der Waals surface area contributed by atoms with Crippen molar-refractivity contribution in [2.24, 2.45) is 0 Å². The quantitative estimate of drug-likeness (QED) is 0.483. The molecule has 36 heavy (non-hydrogen) atoms. The van der Waals surface area contributed by atoms with Crippen LogP contribution >= 0.6 is 0 Å². The highest BCUT2D eigenvalue weighted by Gasteiger charge is 2.37. The van der Waals surface area contributed by atoms with E-state index in [1.165, 1.54) is 29.2 Å². The number of fused-ring (bicyclic) bond motifs is 3. The third kappa shape index (κ3) is 4.27. The van der Waals surface area contributed by atoms with Gasteiger partial charge in [0, 0.05) is 43.0 Å². The van der Waals surface area contributed by atoms with Crippen molar-refractivity contribution < 1.29 is 30.8 Å². The Morgan fingerprint density at radius 1 is 0.861 bits per heavy atom. The summed E-state index contributed by atoms with van der Waals surface area (Å²) in [5, 5.41) is 0. The molecule has 0 atom stereocenters. The number of sulfonamides is 1. The highest BCUT2D eigenvalue weighted by molar-refractivity contribution is 7.93. The molecule has 11 heteroatoms. The van der Waals surface area contributed by atoms with E-state index >= 15 is 0 Å². The molecule has 0 saturated carbocycles. The van der Waals surface area contributed by atoms with Gasteiger partial charge in [0.2, 0.25) is 5.91 Å². The summed E-state index contributed by atoms with van der Waals surface area (Å²) in [7, 11) is -4.07. The molecule has 2 heterocycles. The number of amides is 1. The fraction of sp³-hybridized carbons (Fsp3) is 0.240. The van der Waals surface area contributed by atoms with Crippen LogP contribution in [-0.2, 0) is 21.0 Å². The van der Waals surface area contributed by atoms with Crippen LogP contribution in [0.3, 0.4) is 0 Å². The number of benzene rings is 3. The van der Waals surface area contributed by atoms with E-state index in [-0.39, 0.29) is 23.7 Å². The molecule has 3 aromatic carbocycles. The van der Waals surface area contributed by atoms with Crippen LogP contribution in [0, 0.1) is 5.82 Å². The minimum absolute atomic E-state index is 0.00901. The van der Waals surface area contributed by atoms with Crippen LogP contribution in [0.25, 0.3) is 11.1 Å². The normalized spacial score (nSPS) is 16.9. The van der Waals surface area contributed by atoms with Crippen LogP contribution in [0.1, 0.15) is 5.56 Å². The van der Waals surface area contributed by atoms with E-state index in [4.69, 9.17) is 0 Å². The molecule has 0 aliphatic carbocycles. The Hall–Kier alpha value is -3.60. The third-order valence-corrected chi connectivity index (χ3v) is 8.24. The summed E-state index contributed by atoms with van der Waals surface area (Å²) in [6.45, 7) is 0.555. The van der Waals surface area contributed by atoms with Gasteiger partial charge in [-0.25, -0.2) is 12.8 Å². The van der Waals surface area contributed by atoms with Gasteiger partial charge >= 0.3 is 6.18 Å². The Morgan fingerprint density at radius 3 is 2.31 bits per heavy atom. The number of alkyl halides is 3. The monoisotopic (exact) mass is 519 g/mol. The van der Waals surface area contributed by atoms with Crippen molar-refractivity contribution in [2.75, 3.05) is 41.9 Å². The maximum absolute atomic E-state index is 14.0. The van der Waals surface area contributed by atoms with Crippen molar-refractivity contribution in [3.8, 4) is 11.1 Å². The molecule has 1 fully saturated rings. The maximum Gasteiger partial charge on any atom is 0.416 e. The van der Waals surface area contributed by atoms with Gasteiger partial charge in [0.05, 0.1) is 16.1 Å². The van der Waals surface area contributed by atoms with Crippen molar-refractivity contribution in [1.29, 1.82) is 0 Å². The number of nitrogens with zero attached hydrogens (tertiary/aromatic N) is 3. The predicted octanol–water partition coefficient (Wildman–Crippen LogP) is 4.37. The van der Waals surface area contributed by atoms with Crippen LogP contribution in [0.5, 0.6) is 0 Å². The highest BCUT2D eigenvalue weighted by Crippen LogP contribution is 2.43. The number of hydrogen-bond acceptors (Lipinski definition) is 4. The molecule has 2 aliphatic heterocycles. The average Bonchev–Trinajstić information content (AvgIpc) is 2.86. The Kier molecular flexibility index (Phi) is 5.90. The minimum Gasteiger partial charge on any atom is -0.368 e.